The molecule has 0 aliphatic heterocycles. The van der Waals surface area contributed by atoms with Crippen LogP contribution in [-0.2, 0) is 7.05 Å². The van der Waals surface area contributed by atoms with Crippen LogP contribution in [0.2, 0.25) is 0 Å². The lowest BCUT2D eigenvalue weighted by Gasteiger charge is -2.08. The summed E-state index contributed by atoms with van der Waals surface area (Å²) in [7, 11) is 1.62. The molecule has 0 bridgehead atoms. The Morgan fingerprint density at radius 1 is 1.09 bits per heavy atom. The first-order chi connectivity index (χ1) is 10.8. The first-order valence-electron chi connectivity index (χ1n) is 6.85. The van der Waals surface area contributed by atoms with Gasteiger partial charge in [-0.1, -0.05) is 6.07 Å². The molecule has 0 aliphatic carbocycles. The van der Waals surface area contributed by atoms with Gasteiger partial charge in [0.15, 0.2) is 11.6 Å². The van der Waals surface area contributed by atoms with E-state index in [2.05, 4.69) is 0 Å². The zero-order valence-corrected chi connectivity index (χ0v) is 12.5. The number of nitrogens with zero attached hydrogens (tertiary/aromatic N) is 1. The third kappa shape index (κ3) is 2.27. The van der Waals surface area contributed by atoms with E-state index in [1.165, 1.54) is 18.2 Å². The fourth-order valence-corrected chi connectivity index (χ4v) is 2.97. The van der Waals surface area contributed by atoms with Gasteiger partial charge in [0.05, 0.1) is 5.52 Å². The Morgan fingerprint density at radius 3 is 2.39 bits per heavy atom. The van der Waals surface area contributed by atoms with E-state index in [-0.39, 0.29) is 5.69 Å². The molecule has 1 heterocycles. The van der Waals surface area contributed by atoms with Crippen LogP contribution in [0.4, 0.5) is 13.2 Å². The van der Waals surface area contributed by atoms with Crippen LogP contribution in [0.15, 0.2) is 30.3 Å². The van der Waals surface area contributed by atoms with Crippen molar-refractivity contribution in [3.63, 3.8) is 0 Å². The smallest absolute Gasteiger partial charge is 0.265 e. The predicted molar refractivity (Wildman–Crippen MR) is 81.5 cm³/mol. The van der Waals surface area contributed by atoms with Crippen LogP contribution in [0.1, 0.15) is 16.1 Å². The molecular weight excluding hydrogens is 305 g/mol. The summed E-state index contributed by atoms with van der Waals surface area (Å²) in [5.74, 6) is -3.19. The number of carbonyl (C=O) groups is 1. The number of hydrogen-bond acceptors (Lipinski definition) is 1. The summed E-state index contributed by atoms with van der Waals surface area (Å²) >= 11 is 0. The van der Waals surface area contributed by atoms with Crippen molar-refractivity contribution in [3.8, 4) is 11.1 Å². The molecule has 3 rings (SSSR count). The highest BCUT2D eigenvalue weighted by atomic mass is 19.2. The third-order valence-electron chi connectivity index (χ3n) is 3.97. The van der Waals surface area contributed by atoms with E-state index in [0.717, 1.165) is 12.1 Å². The maximum atomic E-state index is 14.0. The van der Waals surface area contributed by atoms with E-state index in [9.17, 15) is 18.0 Å². The Morgan fingerprint density at radius 2 is 1.78 bits per heavy atom. The molecule has 0 saturated carbocycles. The van der Waals surface area contributed by atoms with Crippen LogP contribution in [0.25, 0.3) is 22.0 Å². The number of aromatic nitrogens is 1. The first-order valence-corrected chi connectivity index (χ1v) is 6.85. The van der Waals surface area contributed by atoms with Gasteiger partial charge >= 0.3 is 0 Å². The number of benzene rings is 2. The minimum Gasteiger partial charge on any atom is -0.364 e. The zero-order chi connectivity index (χ0) is 16.9. The van der Waals surface area contributed by atoms with E-state index in [1.54, 1.807) is 18.5 Å². The number of hydrogen-bond donors (Lipinski definition) is 1. The summed E-state index contributed by atoms with van der Waals surface area (Å²) in [5.41, 5.74) is 7.37. The van der Waals surface area contributed by atoms with E-state index < -0.39 is 23.4 Å². The molecule has 0 saturated heterocycles. The van der Waals surface area contributed by atoms with E-state index in [0.29, 0.717) is 27.6 Å². The quantitative estimate of drug-likeness (QED) is 0.770. The van der Waals surface area contributed by atoms with Crippen molar-refractivity contribution in [2.24, 2.45) is 12.8 Å². The van der Waals surface area contributed by atoms with E-state index >= 15 is 0 Å². The number of carbonyl (C=O) groups excluding carboxylic acids is 1. The summed E-state index contributed by atoms with van der Waals surface area (Å²) in [5, 5.41) is 0.501. The molecule has 2 aromatic carbocycles. The Balaban J connectivity index is 2.43. The largest absolute Gasteiger partial charge is 0.364 e. The normalized spacial score (nSPS) is 11.2. The van der Waals surface area contributed by atoms with Gasteiger partial charge in [0, 0.05) is 18.0 Å². The van der Waals surface area contributed by atoms with Crippen molar-refractivity contribution in [2.45, 2.75) is 6.92 Å². The molecule has 23 heavy (non-hydrogen) atoms. The molecule has 1 aromatic heterocycles. The SMILES string of the molecule is Cc1c(C(N)=O)n(C)c2c(-c3ccc(F)c(F)c3)cc(F)cc12. The molecule has 1 amide bonds. The highest BCUT2D eigenvalue weighted by Crippen LogP contribution is 2.34. The lowest BCUT2D eigenvalue weighted by molar-refractivity contribution is 0.0992. The number of aryl methyl sites for hydroxylation is 2. The van der Waals surface area contributed by atoms with Crippen molar-refractivity contribution in [3.05, 3.63) is 59.0 Å². The van der Waals surface area contributed by atoms with Gasteiger partial charge in [0.25, 0.3) is 5.91 Å². The van der Waals surface area contributed by atoms with Gasteiger partial charge in [-0.25, -0.2) is 13.2 Å². The Kier molecular flexibility index (Phi) is 3.39. The monoisotopic (exact) mass is 318 g/mol. The lowest BCUT2D eigenvalue weighted by Crippen LogP contribution is -2.16. The van der Waals surface area contributed by atoms with Gasteiger partial charge < -0.3 is 10.3 Å². The lowest BCUT2D eigenvalue weighted by atomic mass is 10.0. The van der Waals surface area contributed by atoms with Crippen molar-refractivity contribution >= 4 is 16.8 Å². The Hall–Kier alpha value is -2.76. The molecule has 0 radical (unpaired) electrons. The van der Waals surface area contributed by atoms with E-state index in [4.69, 9.17) is 5.73 Å². The third-order valence-corrected chi connectivity index (χ3v) is 3.97. The number of primary amides is 1. The summed E-state index contributed by atoms with van der Waals surface area (Å²) in [6.45, 7) is 1.66. The summed E-state index contributed by atoms with van der Waals surface area (Å²) in [6, 6.07) is 5.85. The molecule has 6 heteroatoms. The molecule has 0 atom stereocenters. The van der Waals surface area contributed by atoms with Gasteiger partial charge in [-0.15, -0.1) is 0 Å². The van der Waals surface area contributed by atoms with Crippen LogP contribution < -0.4 is 5.73 Å². The summed E-state index contributed by atoms with van der Waals surface area (Å²) < 4.78 is 42.2. The molecule has 2 N–H and O–H groups in total. The second-order valence-electron chi connectivity index (χ2n) is 5.38. The molecular formula is C17H13F3N2O. The van der Waals surface area contributed by atoms with Crippen molar-refractivity contribution < 1.29 is 18.0 Å². The Labute approximate surface area is 130 Å². The van der Waals surface area contributed by atoms with Gasteiger partial charge in [-0.3, -0.25) is 4.79 Å². The van der Waals surface area contributed by atoms with E-state index in [1.807, 2.05) is 0 Å². The molecule has 0 fully saturated rings. The number of nitrogens with two attached hydrogens (primary N) is 1. The molecule has 0 aliphatic rings. The minimum absolute atomic E-state index is 0.245. The highest BCUT2D eigenvalue weighted by molar-refractivity contribution is 6.05. The van der Waals surface area contributed by atoms with Crippen molar-refractivity contribution in [1.29, 1.82) is 0 Å². The van der Waals surface area contributed by atoms with Gasteiger partial charge in [0.1, 0.15) is 11.5 Å². The summed E-state index contributed by atoms with van der Waals surface area (Å²) in [6.07, 6.45) is 0. The second-order valence-corrected chi connectivity index (χ2v) is 5.38. The number of fused-ring (bicyclic) bond motifs is 1. The highest BCUT2D eigenvalue weighted by Gasteiger charge is 2.20. The molecule has 3 aromatic rings. The zero-order valence-electron chi connectivity index (χ0n) is 12.5. The maximum Gasteiger partial charge on any atom is 0.265 e. The average molecular weight is 318 g/mol. The number of rotatable bonds is 2. The van der Waals surface area contributed by atoms with Crippen LogP contribution in [0.5, 0.6) is 0 Å². The molecule has 0 unspecified atom stereocenters. The van der Waals surface area contributed by atoms with Gasteiger partial charge in [0.2, 0.25) is 0 Å². The molecule has 0 spiro atoms. The van der Waals surface area contributed by atoms with Crippen LogP contribution >= 0.6 is 0 Å². The van der Waals surface area contributed by atoms with Crippen LogP contribution in [0.3, 0.4) is 0 Å². The van der Waals surface area contributed by atoms with Crippen LogP contribution in [0, 0.1) is 24.4 Å². The van der Waals surface area contributed by atoms with Gasteiger partial charge in [-0.05, 0) is 42.3 Å². The molecule has 118 valence electrons. The van der Waals surface area contributed by atoms with Gasteiger partial charge in [-0.2, -0.15) is 0 Å². The first kappa shape index (κ1) is 15.1. The molecule has 3 nitrogen and oxygen atoms in total. The fraction of sp³-hybridized carbons (Fsp3) is 0.118. The summed E-state index contributed by atoms with van der Waals surface area (Å²) in [4.78, 5) is 11.6. The second kappa shape index (κ2) is 5.15. The Bertz CT molecular complexity index is 960. The van der Waals surface area contributed by atoms with Crippen molar-refractivity contribution in [1.82, 2.24) is 4.57 Å². The minimum atomic E-state index is -1.03. The maximum absolute atomic E-state index is 14.0. The van der Waals surface area contributed by atoms with Crippen LogP contribution in [-0.4, -0.2) is 10.5 Å². The number of amides is 1. The topological polar surface area (TPSA) is 48.0 Å². The average Bonchev–Trinajstić information content (AvgIpc) is 2.72. The standard InChI is InChI=1S/C17H13F3N2O/c1-8-11-6-10(18)7-12(9-3-4-13(19)14(20)5-9)16(11)22(2)15(8)17(21)23/h3-7H,1-2H3,(H2,21,23). The van der Waals surface area contributed by atoms with Crippen molar-refractivity contribution in [2.75, 3.05) is 0 Å². The fourth-order valence-electron chi connectivity index (χ4n) is 2.97. The number of halogens is 3. The predicted octanol–water partition coefficient (Wildman–Crippen LogP) is 3.67.